The molecule has 2 N–H and O–H groups in total. The molecule has 0 fully saturated rings. The normalized spacial score (nSPS) is 12.7. The fraction of sp³-hybridized carbons (Fsp3) is 0.600. The van der Waals surface area contributed by atoms with Gasteiger partial charge in [0.2, 0.25) is 0 Å². The van der Waals surface area contributed by atoms with Crippen LogP contribution in [0.3, 0.4) is 0 Å². The molecule has 18 heavy (non-hydrogen) atoms. The average Bonchev–Trinajstić information content (AvgIpc) is 2.33. The zero-order chi connectivity index (χ0) is 13.4. The molecule has 0 saturated heterocycles. The maximum absolute atomic E-state index is 13.4. The second kappa shape index (κ2) is 8.20. The van der Waals surface area contributed by atoms with Crippen LogP contribution < -0.4 is 5.73 Å². The van der Waals surface area contributed by atoms with Crippen molar-refractivity contribution in [2.24, 2.45) is 5.73 Å². The van der Waals surface area contributed by atoms with E-state index in [0.717, 1.165) is 18.9 Å². The van der Waals surface area contributed by atoms with E-state index in [2.05, 4.69) is 6.92 Å². The van der Waals surface area contributed by atoms with Crippen LogP contribution in [0.2, 0.25) is 0 Å². The Balaban J connectivity index is 2.30. The molecule has 0 aliphatic rings. The molecule has 1 atom stereocenters. The first-order valence-electron chi connectivity index (χ1n) is 6.83. The van der Waals surface area contributed by atoms with Crippen molar-refractivity contribution < 1.29 is 8.78 Å². The van der Waals surface area contributed by atoms with Crippen LogP contribution in [0.25, 0.3) is 0 Å². The van der Waals surface area contributed by atoms with E-state index in [9.17, 15) is 8.78 Å². The maximum Gasteiger partial charge on any atom is 0.126 e. The standard InChI is InChI=1S/C15H23F2N/c1-2-3-4-5-6-7-14(18)11-12-10-13(16)8-9-15(12)17/h8-10,14H,2-7,11,18H2,1H3. The Labute approximate surface area is 108 Å². The minimum atomic E-state index is -0.401. The fourth-order valence-corrected chi connectivity index (χ4v) is 2.09. The molecule has 0 spiro atoms. The molecule has 1 unspecified atom stereocenters. The first-order chi connectivity index (χ1) is 8.63. The molecule has 102 valence electrons. The molecule has 0 aromatic heterocycles. The van der Waals surface area contributed by atoms with Gasteiger partial charge < -0.3 is 5.73 Å². The Morgan fingerprint density at radius 3 is 2.56 bits per heavy atom. The summed E-state index contributed by atoms with van der Waals surface area (Å²) in [7, 11) is 0. The first-order valence-corrected chi connectivity index (χ1v) is 6.83. The fourth-order valence-electron chi connectivity index (χ4n) is 2.09. The summed E-state index contributed by atoms with van der Waals surface area (Å²) in [4.78, 5) is 0. The summed E-state index contributed by atoms with van der Waals surface area (Å²) in [6, 6.07) is 3.46. The third-order valence-electron chi connectivity index (χ3n) is 3.17. The van der Waals surface area contributed by atoms with Gasteiger partial charge in [-0.3, -0.25) is 0 Å². The van der Waals surface area contributed by atoms with E-state index >= 15 is 0 Å². The van der Waals surface area contributed by atoms with Gasteiger partial charge >= 0.3 is 0 Å². The predicted molar refractivity (Wildman–Crippen MR) is 71.4 cm³/mol. The number of hydrogen-bond acceptors (Lipinski definition) is 1. The molecule has 0 amide bonds. The molecule has 0 aliphatic heterocycles. The lowest BCUT2D eigenvalue weighted by Gasteiger charge is -2.12. The van der Waals surface area contributed by atoms with Crippen LogP contribution in [-0.4, -0.2) is 6.04 Å². The summed E-state index contributed by atoms with van der Waals surface area (Å²) < 4.78 is 26.4. The third kappa shape index (κ3) is 5.58. The Hall–Kier alpha value is -0.960. The van der Waals surface area contributed by atoms with Gasteiger partial charge in [-0.05, 0) is 36.6 Å². The van der Waals surface area contributed by atoms with Crippen molar-refractivity contribution >= 4 is 0 Å². The number of hydrogen-bond donors (Lipinski definition) is 1. The van der Waals surface area contributed by atoms with Gasteiger partial charge in [0, 0.05) is 6.04 Å². The Morgan fingerprint density at radius 1 is 1.11 bits per heavy atom. The highest BCUT2D eigenvalue weighted by atomic mass is 19.1. The number of unbranched alkanes of at least 4 members (excludes halogenated alkanes) is 4. The van der Waals surface area contributed by atoms with Crippen molar-refractivity contribution in [3.8, 4) is 0 Å². The third-order valence-corrected chi connectivity index (χ3v) is 3.17. The van der Waals surface area contributed by atoms with Gasteiger partial charge in [-0.25, -0.2) is 8.78 Å². The maximum atomic E-state index is 13.4. The van der Waals surface area contributed by atoms with Crippen molar-refractivity contribution in [2.45, 2.75) is 57.9 Å². The summed E-state index contributed by atoms with van der Waals surface area (Å²) in [6.45, 7) is 2.18. The summed E-state index contributed by atoms with van der Waals surface area (Å²) in [6.07, 6.45) is 7.24. The van der Waals surface area contributed by atoms with E-state index in [1.54, 1.807) is 0 Å². The number of rotatable bonds is 8. The Kier molecular flexibility index (Phi) is 6.88. The number of nitrogens with two attached hydrogens (primary N) is 1. The van der Waals surface area contributed by atoms with Gasteiger partial charge in [0.25, 0.3) is 0 Å². The quantitative estimate of drug-likeness (QED) is 0.692. The minimum Gasteiger partial charge on any atom is -0.327 e. The predicted octanol–water partition coefficient (Wildman–Crippen LogP) is 4.20. The van der Waals surface area contributed by atoms with Crippen molar-refractivity contribution in [2.75, 3.05) is 0 Å². The van der Waals surface area contributed by atoms with Crippen LogP contribution >= 0.6 is 0 Å². The lowest BCUT2D eigenvalue weighted by Crippen LogP contribution is -2.23. The van der Waals surface area contributed by atoms with Crippen LogP contribution in [0.5, 0.6) is 0 Å². The number of benzene rings is 1. The Morgan fingerprint density at radius 2 is 1.83 bits per heavy atom. The molecule has 1 aromatic carbocycles. The summed E-state index contributed by atoms with van der Waals surface area (Å²) in [5, 5.41) is 0. The molecule has 0 heterocycles. The van der Waals surface area contributed by atoms with Crippen LogP contribution in [0.4, 0.5) is 8.78 Å². The topological polar surface area (TPSA) is 26.0 Å². The van der Waals surface area contributed by atoms with Crippen molar-refractivity contribution in [3.63, 3.8) is 0 Å². The van der Waals surface area contributed by atoms with Crippen molar-refractivity contribution in [3.05, 3.63) is 35.4 Å². The summed E-state index contributed by atoms with van der Waals surface area (Å²) in [5.41, 5.74) is 6.34. The van der Waals surface area contributed by atoms with Gasteiger partial charge in [0.05, 0.1) is 0 Å². The SMILES string of the molecule is CCCCCCCC(N)Cc1cc(F)ccc1F. The molecular weight excluding hydrogens is 232 g/mol. The van der Waals surface area contributed by atoms with Crippen molar-refractivity contribution in [1.29, 1.82) is 0 Å². The molecular formula is C15H23F2N. The van der Waals surface area contributed by atoms with E-state index in [1.165, 1.54) is 37.8 Å². The van der Waals surface area contributed by atoms with Crippen LogP contribution in [0, 0.1) is 11.6 Å². The molecule has 0 bridgehead atoms. The molecule has 1 nitrogen and oxygen atoms in total. The molecule has 1 aromatic rings. The zero-order valence-electron chi connectivity index (χ0n) is 11.1. The average molecular weight is 255 g/mol. The number of halogens is 2. The van der Waals surface area contributed by atoms with Gasteiger partial charge in [-0.15, -0.1) is 0 Å². The van der Waals surface area contributed by atoms with E-state index in [-0.39, 0.29) is 11.9 Å². The summed E-state index contributed by atoms with van der Waals surface area (Å²) in [5.74, 6) is -0.764. The largest absolute Gasteiger partial charge is 0.327 e. The smallest absolute Gasteiger partial charge is 0.126 e. The van der Waals surface area contributed by atoms with Crippen molar-refractivity contribution in [1.82, 2.24) is 0 Å². The van der Waals surface area contributed by atoms with Crippen LogP contribution in [0.15, 0.2) is 18.2 Å². The second-order valence-electron chi connectivity index (χ2n) is 4.90. The van der Waals surface area contributed by atoms with Gasteiger partial charge in [-0.1, -0.05) is 39.0 Å². The monoisotopic (exact) mass is 255 g/mol. The molecule has 3 heteroatoms. The van der Waals surface area contributed by atoms with E-state index in [1.807, 2.05) is 0 Å². The summed E-state index contributed by atoms with van der Waals surface area (Å²) >= 11 is 0. The highest BCUT2D eigenvalue weighted by Gasteiger charge is 2.09. The van der Waals surface area contributed by atoms with Gasteiger partial charge in [0.1, 0.15) is 11.6 Å². The van der Waals surface area contributed by atoms with E-state index in [0.29, 0.717) is 12.0 Å². The molecule has 1 rings (SSSR count). The lowest BCUT2D eigenvalue weighted by atomic mass is 10.00. The Bertz CT molecular complexity index is 352. The first kappa shape index (κ1) is 15.1. The molecule has 0 aliphatic carbocycles. The minimum absolute atomic E-state index is 0.0806. The molecule has 0 saturated carbocycles. The molecule has 0 radical (unpaired) electrons. The van der Waals surface area contributed by atoms with Gasteiger partial charge in [-0.2, -0.15) is 0 Å². The zero-order valence-corrected chi connectivity index (χ0v) is 11.1. The second-order valence-corrected chi connectivity index (χ2v) is 4.90. The van der Waals surface area contributed by atoms with Crippen LogP contribution in [0.1, 0.15) is 51.0 Å². The van der Waals surface area contributed by atoms with Gasteiger partial charge in [0.15, 0.2) is 0 Å². The van der Waals surface area contributed by atoms with E-state index in [4.69, 9.17) is 5.73 Å². The van der Waals surface area contributed by atoms with Crippen LogP contribution in [-0.2, 0) is 6.42 Å². The lowest BCUT2D eigenvalue weighted by molar-refractivity contribution is 0.521. The highest BCUT2D eigenvalue weighted by Crippen LogP contribution is 2.14. The van der Waals surface area contributed by atoms with E-state index < -0.39 is 5.82 Å². The highest BCUT2D eigenvalue weighted by molar-refractivity contribution is 5.19.